The minimum absolute atomic E-state index is 0.394. The van der Waals surface area contributed by atoms with Crippen LogP contribution in [-0.2, 0) is 0 Å². The van der Waals surface area contributed by atoms with Crippen LogP contribution in [0.4, 0.5) is 0 Å². The summed E-state index contributed by atoms with van der Waals surface area (Å²) in [6.07, 6.45) is -0.394. The van der Waals surface area contributed by atoms with Gasteiger partial charge >= 0.3 is 0 Å². The molecule has 5 nitrogen and oxygen atoms in total. The van der Waals surface area contributed by atoms with Gasteiger partial charge in [-0.25, -0.2) is 9.98 Å². The van der Waals surface area contributed by atoms with Crippen LogP contribution in [0.1, 0.15) is 22.9 Å². The maximum atomic E-state index is 6.20. The molecule has 56 heavy (non-hydrogen) atoms. The van der Waals surface area contributed by atoms with Crippen molar-refractivity contribution in [3.05, 3.63) is 211 Å². The van der Waals surface area contributed by atoms with Crippen LogP contribution in [-0.4, -0.2) is 16.2 Å². The fourth-order valence-corrected chi connectivity index (χ4v) is 8.21. The van der Waals surface area contributed by atoms with Crippen molar-refractivity contribution in [2.24, 2.45) is 9.98 Å². The third-order valence-electron chi connectivity index (χ3n) is 10.9. The Labute approximate surface area is 323 Å². The van der Waals surface area contributed by atoms with Crippen LogP contribution in [0.2, 0.25) is 0 Å². The van der Waals surface area contributed by atoms with E-state index >= 15 is 0 Å². The van der Waals surface area contributed by atoms with E-state index in [2.05, 4.69) is 168 Å². The molecule has 11 rings (SSSR count). The van der Waals surface area contributed by atoms with Crippen LogP contribution < -0.4 is 5.32 Å². The summed E-state index contributed by atoms with van der Waals surface area (Å²) in [6, 6.07) is 68.1. The highest BCUT2D eigenvalue weighted by Crippen LogP contribution is 2.39. The van der Waals surface area contributed by atoms with E-state index in [-0.39, 0.29) is 0 Å². The number of nitrogens with one attached hydrogen (secondary N) is 1. The maximum Gasteiger partial charge on any atom is 0.159 e. The Morgan fingerprint density at radius 2 is 1.05 bits per heavy atom. The molecular weight excluding hydrogens is 685 g/mol. The Hall–Kier alpha value is -7.50. The van der Waals surface area contributed by atoms with E-state index in [1.807, 2.05) is 36.4 Å². The first-order valence-electron chi connectivity index (χ1n) is 18.9. The lowest BCUT2D eigenvalue weighted by molar-refractivity contribution is 0.669. The fourth-order valence-electron chi connectivity index (χ4n) is 8.21. The largest absolute Gasteiger partial charge is 0.456 e. The molecule has 0 radical (unpaired) electrons. The van der Waals surface area contributed by atoms with Gasteiger partial charge in [0.1, 0.15) is 23.2 Å². The van der Waals surface area contributed by atoms with Crippen molar-refractivity contribution >= 4 is 55.4 Å². The Morgan fingerprint density at radius 3 is 1.88 bits per heavy atom. The van der Waals surface area contributed by atoms with E-state index in [9.17, 15) is 0 Å². The number of hydrogen-bond donors (Lipinski definition) is 1. The molecule has 1 N–H and O–H groups in total. The second-order valence-corrected chi connectivity index (χ2v) is 14.2. The first-order chi connectivity index (χ1) is 27.7. The summed E-state index contributed by atoms with van der Waals surface area (Å²) in [5.74, 6) is 1.48. The molecule has 0 spiro atoms. The minimum Gasteiger partial charge on any atom is -0.456 e. The third kappa shape index (κ3) is 5.40. The number of aromatic nitrogens is 1. The molecule has 3 heterocycles. The fraction of sp³-hybridized carbons (Fsp3) is 0.0196. The number of fused-ring (bicyclic) bond motifs is 6. The lowest BCUT2D eigenvalue weighted by Gasteiger charge is -2.24. The van der Waals surface area contributed by atoms with E-state index in [0.29, 0.717) is 5.84 Å². The highest BCUT2D eigenvalue weighted by Gasteiger charge is 2.25. The zero-order valence-electron chi connectivity index (χ0n) is 30.3. The van der Waals surface area contributed by atoms with Gasteiger partial charge in [0.15, 0.2) is 5.84 Å². The van der Waals surface area contributed by atoms with Gasteiger partial charge in [0, 0.05) is 43.9 Å². The highest BCUT2D eigenvalue weighted by molar-refractivity contribution is 6.15. The van der Waals surface area contributed by atoms with Crippen LogP contribution in [0.5, 0.6) is 0 Å². The average molecular weight is 719 g/mol. The Morgan fingerprint density at radius 1 is 0.446 bits per heavy atom. The number of amidine groups is 2. The van der Waals surface area contributed by atoms with Crippen molar-refractivity contribution in [3.8, 4) is 27.9 Å². The van der Waals surface area contributed by atoms with Crippen LogP contribution >= 0.6 is 0 Å². The maximum absolute atomic E-state index is 6.20. The normalized spacial score (nSPS) is 14.2. The topological polar surface area (TPSA) is 54.8 Å². The number of hydrogen-bond acceptors (Lipinski definition) is 4. The molecule has 0 saturated heterocycles. The molecule has 1 unspecified atom stereocenters. The summed E-state index contributed by atoms with van der Waals surface area (Å²) in [7, 11) is 0. The number of rotatable bonds is 6. The van der Waals surface area contributed by atoms with Crippen molar-refractivity contribution in [2.45, 2.75) is 6.17 Å². The molecule has 5 heteroatoms. The Bertz CT molecular complexity index is 3150. The second-order valence-electron chi connectivity index (χ2n) is 14.2. The first kappa shape index (κ1) is 32.0. The van der Waals surface area contributed by atoms with Crippen LogP contribution in [0.3, 0.4) is 0 Å². The number of furan rings is 1. The Kier molecular flexibility index (Phi) is 7.49. The molecule has 10 aromatic rings. The highest BCUT2D eigenvalue weighted by atomic mass is 16.3. The van der Waals surface area contributed by atoms with Crippen molar-refractivity contribution in [1.29, 1.82) is 0 Å². The van der Waals surface area contributed by atoms with Crippen LogP contribution in [0.25, 0.3) is 71.7 Å². The molecule has 2 aromatic heterocycles. The molecule has 0 fully saturated rings. The van der Waals surface area contributed by atoms with Crippen molar-refractivity contribution in [3.63, 3.8) is 0 Å². The van der Waals surface area contributed by atoms with Gasteiger partial charge in [-0.15, -0.1) is 0 Å². The van der Waals surface area contributed by atoms with Gasteiger partial charge in [-0.1, -0.05) is 152 Å². The lowest BCUT2D eigenvalue weighted by atomic mass is 9.98. The molecule has 0 amide bonds. The average Bonchev–Trinajstić information content (AvgIpc) is 3.82. The van der Waals surface area contributed by atoms with Gasteiger partial charge in [-0.3, -0.25) is 0 Å². The third-order valence-corrected chi connectivity index (χ3v) is 10.9. The summed E-state index contributed by atoms with van der Waals surface area (Å²) in [4.78, 5) is 10.6. The number of aliphatic imine (C=N–C) groups is 2. The summed E-state index contributed by atoms with van der Waals surface area (Å²) >= 11 is 0. The van der Waals surface area contributed by atoms with Crippen molar-refractivity contribution in [1.82, 2.24) is 9.88 Å². The van der Waals surface area contributed by atoms with E-state index in [0.717, 1.165) is 77.7 Å². The van der Waals surface area contributed by atoms with E-state index < -0.39 is 6.17 Å². The van der Waals surface area contributed by atoms with Crippen molar-refractivity contribution in [2.75, 3.05) is 0 Å². The first-order valence-corrected chi connectivity index (χ1v) is 18.9. The number of nitrogens with zero attached hydrogens (tertiary/aromatic N) is 3. The van der Waals surface area contributed by atoms with Gasteiger partial charge in [0.05, 0.1) is 11.0 Å². The van der Waals surface area contributed by atoms with E-state index in [1.165, 1.54) is 16.5 Å². The summed E-state index contributed by atoms with van der Waals surface area (Å²) < 4.78 is 8.56. The van der Waals surface area contributed by atoms with E-state index in [4.69, 9.17) is 14.4 Å². The van der Waals surface area contributed by atoms with Gasteiger partial charge in [-0.2, -0.15) is 0 Å². The van der Waals surface area contributed by atoms with Gasteiger partial charge in [0.25, 0.3) is 0 Å². The van der Waals surface area contributed by atoms with E-state index in [1.54, 1.807) is 0 Å². The molecule has 8 aromatic carbocycles. The Balaban J connectivity index is 1.05. The van der Waals surface area contributed by atoms with Gasteiger partial charge in [0.2, 0.25) is 0 Å². The van der Waals surface area contributed by atoms with Crippen molar-refractivity contribution < 1.29 is 4.42 Å². The molecule has 1 atom stereocenters. The molecule has 0 bridgehead atoms. The number of benzene rings is 8. The standard InChI is InChI=1S/C51H34N4O/c1-3-13-33(14-4-1)34-25-27-35(28-26-34)37-17-11-18-38(31-37)50-52-49(36-15-5-2-6-16-36)53-51(54-50)42-21-12-23-45-48(42)41-20-7-9-22-44(41)55(45)39-29-30-47-43(32-39)40-19-8-10-24-46(40)56-47/h1-32,51H,(H,52,53,54). The van der Waals surface area contributed by atoms with Crippen LogP contribution in [0, 0.1) is 0 Å². The minimum atomic E-state index is -0.394. The summed E-state index contributed by atoms with van der Waals surface area (Å²) in [5.41, 5.74) is 12.8. The van der Waals surface area contributed by atoms with Crippen LogP contribution in [0.15, 0.2) is 209 Å². The molecular formula is C51H34N4O. The predicted molar refractivity (Wildman–Crippen MR) is 231 cm³/mol. The summed E-state index contributed by atoms with van der Waals surface area (Å²) in [5, 5.41) is 8.27. The number of para-hydroxylation sites is 2. The predicted octanol–water partition coefficient (Wildman–Crippen LogP) is 12.5. The monoisotopic (exact) mass is 718 g/mol. The molecule has 1 aliphatic heterocycles. The molecule has 1 aliphatic rings. The zero-order valence-corrected chi connectivity index (χ0v) is 30.3. The zero-order chi connectivity index (χ0) is 37.0. The SMILES string of the molecule is c1ccc(C2=NC(c3cccc(-c4ccc(-c5ccccc5)cc4)c3)=NC(c3cccc4c3c3ccccc3n4-c3ccc4oc5ccccc5c4c3)N2)cc1. The molecule has 0 aliphatic carbocycles. The smallest absolute Gasteiger partial charge is 0.159 e. The molecule has 264 valence electrons. The molecule has 0 saturated carbocycles. The van der Waals surface area contributed by atoms with Gasteiger partial charge < -0.3 is 14.3 Å². The second kappa shape index (κ2) is 13.1. The lowest BCUT2D eigenvalue weighted by Crippen LogP contribution is -2.33. The quantitative estimate of drug-likeness (QED) is 0.186. The van der Waals surface area contributed by atoms with Gasteiger partial charge in [-0.05, 0) is 64.7 Å². The summed E-state index contributed by atoms with van der Waals surface area (Å²) in [6.45, 7) is 0.